The molecule has 1 fully saturated rings. The van der Waals surface area contributed by atoms with Crippen LogP contribution in [0.15, 0.2) is 10.7 Å². The molecule has 1 aliphatic rings. The van der Waals surface area contributed by atoms with Crippen LogP contribution in [0.2, 0.25) is 0 Å². The summed E-state index contributed by atoms with van der Waals surface area (Å²) in [4.78, 5) is 13.9. The molecular weight excluding hydrogens is 304 g/mol. The smallest absolute Gasteiger partial charge is 0.137 e. The molecule has 0 aliphatic carbocycles. The normalized spacial score (nSPS) is 20.4. The molecule has 1 saturated heterocycles. The molecular formula is C14H23BrN4. The number of rotatable bonds is 2. The molecule has 1 aromatic rings. The van der Waals surface area contributed by atoms with E-state index in [1.54, 1.807) is 0 Å². The minimum atomic E-state index is -0.0286. The highest BCUT2D eigenvalue weighted by atomic mass is 79.9. The van der Waals surface area contributed by atoms with Crippen molar-refractivity contribution in [3.05, 3.63) is 16.5 Å². The van der Waals surface area contributed by atoms with Crippen molar-refractivity contribution >= 4 is 21.7 Å². The van der Waals surface area contributed by atoms with Gasteiger partial charge in [-0.25, -0.2) is 9.97 Å². The summed E-state index contributed by atoms with van der Waals surface area (Å²) in [5, 5.41) is 0. The molecule has 106 valence electrons. The van der Waals surface area contributed by atoms with E-state index < -0.39 is 0 Å². The van der Waals surface area contributed by atoms with Gasteiger partial charge in [-0.2, -0.15) is 0 Å². The van der Waals surface area contributed by atoms with E-state index in [0.717, 1.165) is 29.3 Å². The second-order valence-electron chi connectivity index (χ2n) is 6.47. The molecule has 0 saturated carbocycles. The quantitative estimate of drug-likeness (QED) is 0.782. The average Bonchev–Trinajstić information content (AvgIpc) is 2.76. The number of hydrogen-bond acceptors (Lipinski definition) is 4. The summed E-state index contributed by atoms with van der Waals surface area (Å²) in [6, 6.07) is 2.64. The molecule has 2 heterocycles. The molecule has 0 amide bonds. The minimum absolute atomic E-state index is 0.0286. The minimum Gasteiger partial charge on any atom is -0.355 e. The van der Waals surface area contributed by atoms with Crippen molar-refractivity contribution in [3.8, 4) is 0 Å². The predicted octanol–water partition coefficient (Wildman–Crippen LogP) is 2.68. The van der Waals surface area contributed by atoms with Gasteiger partial charge in [-0.15, -0.1) is 0 Å². The number of nitrogens with zero attached hydrogens (tertiary/aromatic N) is 4. The molecule has 0 N–H and O–H groups in total. The molecule has 1 atom stereocenters. The standard InChI is InChI=1S/C14H23BrN4/c1-14(2,3)13-16-11(15)8-12(17-13)19-7-6-10(9-19)18(4)5/h8,10H,6-7,9H2,1-5H3. The van der Waals surface area contributed by atoms with Gasteiger partial charge in [0.05, 0.1) is 0 Å². The Morgan fingerprint density at radius 1 is 1.32 bits per heavy atom. The Labute approximate surface area is 124 Å². The third-order valence-electron chi connectivity index (χ3n) is 3.57. The molecule has 19 heavy (non-hydrogen) atoms. The maximum absolute atomic E-state index is 4.75. The Kier molecular flexibility index (Phi) is 4.16. The van der Waals surface area contributed by atoms with E-state index in [1.807, 2.05) is 6.07 Å². The van der Waals surface area contributed by atoms with Gasteiger partial charge >= 0.3 is 0 Å². The van der Waals surface area contributed by atoms with Crippen molar-refractivity contribution in [1.82, 2.24) is 14.9 Å². The number of anilines is 1. The van der Waals surface area contributed by atoms with Gasteiger partial charge in [0, 0.05) is 30.6 Å². The lowest BCUT2D eigenvalue weighted by molar-refractivity contribution is 0.315. The van der Waals surface area contributed by atoms with Crippen LogP contribution in [0.1, 0.15) is 33.0 Å². The van der Waals surface area contributed by atoms with Gasteiger partial charge in [0.1, 0.15) is 16.2 Å². The lowest BCUT2D eigenvalue weighted by atomic mass is 9.96. The maximum Gasteiger partial charge on any atom is 0.137 e. The number of halogens is 1. The molecule has 0 bridgehead atoms. The molecule has 1 aromatic heterocycles. The van der Waals surface area contributed by atoms with Crippen molar-refractivity contribution in [2.45, 2.75) is 38.6 Å². The zero-order chi connectivity index (χ0) is 14.2. The first kappa shape index (κ1) is 14.7. The van der Waals surface area contributed by atoms with Crippen molar-refractivity contribution in [1.29, 1.82) is 0 Å². The summed E-state index contributed by atoms with van der Waals surface area (Å²) in [7, 11) is 4.29. The van der Waals surface area contributed by atoms with Crippen LogP contribution in [0, 0.1) is 0 Å². The van der Waals surface area contributed by atoms with Gasteiger partial charge in [0.15, 0.2) is 0 Å². The van der Waals surface area contributed by atoms with Crippen LogP contribution in [-0.4, -0.2) is 48.1 Å². The van der Waals surface area contributed by atoms with Crippen molar-refractivity contribution in [2.75, 3.05) is 32.1 Å². The highest BCUT2D eigenvalue weighted by molar-refractivity contribution is 9.10. The second kappa shape index (κ2) is 5.37. The van der Waals surface area contributed by atoms with Gasteiger partial charge in [0.2, 0.25) is 0 Å². The van der Waals surface area contributed by atoms with Crippen LogP contribution in [0.3, 0.4) is 0 Å². The summed E-state index contributed by atoms with van der Waals surface area (Å²) >= 11 is 3.51. The SMILES string of the molecule is CN(C)C1CCN(c2cc(Br)nc(C(C)(C)C)n2)C1. The molecule has 0 aromatic carbocycles. The Bertz CT molecular complexity index is 453. The zero-order valence-electron chi connectivity index (χ0n) is 12.4. The van der Waals surface area contributed by atoms with E-state index in [4.69, 9.17) is 4.98 Å². The number of aromatic nitrogens is 2. The fourth-order valence-corrected chi connectivity index (χ4v) is 2.65. The van der Waals surface area contributed by atoms with Gasteiger partial charge < -0.3 is 9.80 Å². The van der Waals surface area contributed by atoms with Crippen LogP contribution >= 0.6 is 15.9 Å². The Morgan fingerprint density at radius 3 is 2.53 bits per heavy atom. The number of hydrogen-bond donors (Lipinski definition) is 0. The summed E-state index contributed by atoms with van der Waals surface area (Å²) in [6.45, 7) is 8.54. The molecule has 0 spiro atoms. The van der Waals surface area contributed by atoms with E-state index in [2.05, 4.69) is 65.6 Å². The Morgan fingerprint density at radius 2 is 2.00 bits per heavy atom. The predicted molar refractivity (Wildman–Crippen MR) is 82.7 cm³/mol. The van der Waals surface area contributed by atoms with Crippen molar-refractivity contribution < 1.29 is 0 Å². The van der Waals surface area contributed by atoms with Gasteiger partial charge in [-0.3, -0.25) is 0 Å². The maximum atomic E-state index is 4.75. The molecule has 4 nitrogen and oxygen atoms in total. The van der Waals surface area contributed by atoms with Gasteiger partial charge in [0.25, 0.3) is 0 Å². The molecule has 1 aliphatic heterocycles. The summed E-state index contributed by atoms with van der Waals surface area (Å²) in [6.07, 6.45) is 1.19. The fourth-order valence-electron chi connectivity index (χ4n) is 2.27. The highest BCUT2D eigenvalue weighted by Gasteiger charge is 2.26. The third-order valence-corrected chi connectivity index (χ3v) is 3.98. The van der Waals surface area contributed by atoms with E-state index in [1.165, 1.54) is 6.42 Å². The third kappa shape index (κ3) is 3.45. The Hall–Kier alpha value is -0.680. The first-order valence-electron chi connectivity index (χ1n) is 6.74. The lowest BCUT2D eigenvalue weighted by Gasteiger charge is -2.23. The first-order chi connectivity index (χ1) is 8.77. The van der Waals surface area contributed by atoms with Crippen LogP contribution in [0.5, 0.6) is 0 Å². The van der Waals surface area contributed by atoms with Crippen LogP contribution in [0.4, 0.5) is 5.82 Å². The largest absolute Gasteiger partial charge is 0.355 e. The van der Waals surface area contributed by atoms with E-state index >= 15 is 0 Å². The Balaban J connectivity index is 2.24. The van der Waals surface area contributed by atoms with Crippen molar-refractivity contribution in [3.63, 3.8) is 0 Å². The van der Waals surface area contributed by atoms with Gasteiger partial charge in [-0.1, -0.05) is 20.8 Å². The molecule has 5 heteroatoms. The summed E-state index contributed by atoms with van der Waals surface area (Å²) in [5.41, 5.74) is -0.0286. The highest BCUT2D eigenvalue weighted by Crippen LogP contribution is 2.26. The average molecular weight is 327 g/mol. The molecule has 0 radical (unpaired) electrons. The van der Waals surface area contributed by atoms with E-state index in [-0.39, 0.29) is 5.41 Å². The van der Waals surface area contributed by atoms with Crippen LogP contribution < -0.4 is 4.90 Å². The van der Waals surface area contributed by atoms with Crippen molar-refractivity contribution in [2.24, 2.45) is 0 Å². The first-order valence-corrected chi connectivity index (χ1v) is 7.53. The summed E-state index contributed by atoms with van der Waals surface area (Å²) in [5.74, 6) is 1.93. The zero-order valence-corrected chi connectivity index (χ0v) is 14.0. The number of likely N-dealkylation sites (N-methyl/N-ethyl adjacent to an activating group) is 1. The van der Waals surface area contributed by atoms with Crippen LogP contribution in [0.25, 0.3) is 0 Å². The monoisotopic (exact) mass is 326 g/mol. The molecule has 2 rings (SSSR count). The fraction of sp³-hybridized carbons (Fsp3) is 0.714. The van der Waals surface area contributed by atoms with E-state index in [0.29, 0.717) is 6.04 Å². The van der Waals surface area contributed by atoms with Crippen LogP contribution in [-0.2, 0) is 5.41 Å². The molecule has 1 unspecified atom stereocenters. The second-order valence-corrected chi connectivity index (χ2v) is 7.29. The topological polar surface area (TPSA) is 32.3 Å². The summed E-state index contributed by atoms with van der Waals surface area (Å²) < 4.78 is 0.871. The van der Waals surface area contributed by atoms with Gasteiger partial charge in [-0.05, 0) is 36.4 Å². The lowest BCUT2D eigenvalue weighted by Crippen LogP contribution is -2.32. The van der Waals surface area contributed by atoms with E-state index in [9.17, 15) is 0 Å².